The first-order valence-electron chi connectivity index (χ1n) is 7.43. The smallest absolute Gasteiger partial charge is 0.169 e. The third kappa shape index (κ3) is 1.95. The van der Waals surface area contributed by atoms with E-state index in [1.165, 1.54) is 17.0 Å². The fraction of sp³-hybridized carbons (Fsp3) is 0.688. The van der Waals surface area contributed by atoms with Crippen LogP contribution in [0.1, 0.15) is 53.5 Å². The first kappa shape index (κ1) is 12.9. The number of H-pyrrole nitrogens is 1. The van der Waals surface area contributed by atoms with Gasteiger partial charge in [-0.2, -0.15) is 0 Å². The average molecular weight is 260 g/mol. The second kappa shape index (κ2) is 4.48. The van der Waals surface area contributed by atoms with Gasteiger partial charge in [0.2, 0.25) is 0 Å². The number of Topliss-reactive ketones (excluding diaryl/α,β-unsaturated/α-hetero) is 1. The minimum absolute atomic E-state index is 0.221. The van der Waals surface area contributed by atoms with Crippen LogP contribution < -0.4 is 0 Å². The van der Waals surface area contributed by atoms with Gasteiger partial charge >= 0.3 is 0 Å². The van der Waals surface area contributed by atoms with Crippen molar-refractivity contribution in [2.45, 2.75) is 39.5 Å². The second-order valence-corrected chi connectivity index (χ2v) is 6.66. The molecular formula is C16H24N2O. The fourth-order valence-corrected chi connectivity index (χ4v) is 4.01. The zero-order chi connectivity index (χ0) is 13.7. The van der Waals surface area contributed by atoms with E-state index in [2.05, 4.69) is 37.7 Å². The molecule has 104 valence electrons. The topological polar surface area (TPSA) is 36.1 Å². The molecule has 1 fully saturated rings. The van der Waals surface area contributed by atoms with Gasteiger partial charge < -0.3 is 9.88 Å². The number of likely N-dealkylation sites (tertiary alicyclic amines) is 1. The van der Waals surface area contributed by atoms with Gasteiger partial charge in [0.1, 0.15) is 0 Å². The molecule has 3 rings (SSSR count). The maximum absolute atomic E-state index is 12.9. The molecule has 0 spiro atoms. The Morgan fingerprint density at radius 3 is 2.79 bits per heavy atom. The van der Waals surface area contributed by atoms with Crippen molar-refractivity contribution in [1.82, 2.24) is 9.88 Å². The van der Waals surface area contributed by atoms with Gasteiger partial charge in [-0.3, -0.25) is 4.79 Å². The van der Waals surface area contributed by atoms with Crippen LogP contribution in [0, 0.1) is 18.8 Å². The number of rotatable bonds is 1. The number of aromatic amines is 1. The van der Waals surface area contributed by atoms with E-state index < -0.39 is 0 Å². The van der Waals surface area contributed by atoms with E-state index in [-0.39, 0.29) is 5.92 Å². The Morgan fingerprint density at radius 2 is 2.11 bits per heavy atom. The summed E-state index contributed by atoms with van der Waals surface area (Å²) in [4.78, 5) is 18.7. The summed E-state index contributed by atoms with van der Waals surface area (Å²) < 4.78 is 0. The van der Waals surface area contributed by atoms with Crippen LogP contribution in [-0.4, -0.2) is 35.8 Å². The molecule has 1 aromatic heterocycles. The van der Waals surface area contributed by atoms with E-state index in [4.69, 9.17) is 0 Å². The molecule has 0 unspecified atom stereocenters. The first-order chi connectivity index (χ1) is 8.99. The van der Waals surface area contributed by atoms with Crippen molar-refractivity contribution in [1.29, 1.82) is 0 Å². The number of nitrogens with zero attached hydrogens (tertiary/aromatic N) is 1. The zero-order valence-electron chi connectivity index (χ0n) is 12.4. The molecule has 0 amide bonds. The Labute approximate surface area is 115 Å². The molecule has 2 atom stereocenters. The molecule has 1 saturated heterocycles. The Morgan fingerprint density at radius 1 is 1.37 bits per heavy atom. The summed E-state index contributed by atoms with van der Waals surface area (Å²) in [6, 6.07) is 0. The second-order valence-electron chi connectivity index (χ2n) is 6.66. The monoisotopic (exact) mass is 260 g/mol. The van der Waals surface area contributed by atoms with Gasteiger partial charge in [-0.15, -0.1) is 0 Å². The zero-order valence-corrected chi connectivity index (χ0v) is 12.4. The average Bonchev–Trinajstić information content (AvgIpc) is 2.67. The molecule has 0 bridgehead atoms. The molecule has 1 aromatic rings. The molecule has 19 heavy (non-hydrogen) atoms. The van der Waals surface area contributed by atoms with Crippen LogP contribution in [0.25, 0.3) is 0 Å². The number of hydrogen-bond acceptors (Lipinski definition) is 2. The third-order valence-electron chi connectivity index (χ3n) is 4.90. The van der Waals surface area contributed by atoms with E-state index in [1.54, 1.807) is 0 Å². The van der Waals surface area contributed by atoms with E-state index in [0.29, 0.717) is 17.6 Å². The first-order valence-corrected chi connectivity index (χ1v) is 7.43. The van der Waals surface area contributed by atoms with Gasteiger partial charge in [-0.05, 0) is 50.8 Å². The van der Waals surface area contributed by atoms with Crippen LogP contribution in [-0.2, 0) is 6.42 Å². The van der Waals surface area contributed by atoms with Crippen LogP contribution in [0.2, 0.25) is 0 Å². The Bertz CT molecular complexity index is 515. The van der Waals surface area contributed by atoms with Crippen molar-refractivity contribution < 1.29 is 4.79 Å². The number of aryl methyl sites for hydroxylation is 1. The van der Waals surface area contributed by atoms with Crippen molar-refractivity contribution in [3.63, 3.8) is 0 Å². The predicted molar refractivity (Wildman–Crippen MR) is 76.7 cm³/mol. The molecular weight excluding hydrogens is 236 g/mol. The number of hydrogen-bond donors (Lipinski definition) is 1. The van der Waals surface area contributed by atoms with Crippen LogP contribution in [0.15, 0.2) is 0 Å². The molecule has 3 heteroatoms. The Hall–Kier alpha value is -1.09. The molecule has 3 nitrogen and oxygen atoms in total. The lowest BCUT2D eigenvalue weighted by Crippen LogP contribution is -2.45. The van der Waals surface area contributed by atoms with Gasteiger partial charge in [0.15, 0.2) is 5.78 Å². The quantitative estimate of drug-likeness (QED) is 0.843. The van der Waals surface area contributed by atoms with Crippen molar-refractivity contribution in [2.75, 3.05) is 20.1 Å². The maximum Gasteiger partial charge on any atom is 0.169 e. The Kier molecular flexibility index (Phi) is 3.05. The SMILES string of the molecule is Cc1[nH]c2c(c1C(C)C)C(=O)[C@H]1CN(C)CC[C@@H]1C2. The van der Waals surface area contributed by atoms with Crippen molar-refractivity contribution in [3.8, 4) is 0 Å². The molecule has 1 N–H and O–H groups in total. The van der Waals surface area contributed by atoms with E-state index in [1.807, 2.05) is 0 Å². The fourth-order valence-electron chi connectivity index (χ4n) is 4.01. The normalized spacial score (nSPS) is 27.5. The Balaban J connectivity index is 2.05. The maximum atomic E-state index is 12.9. The van der Waals surface area contributed by atoms with Gasteiger partial charge in [0.05, 0.1) is 0 Å². The summed E-state index contributed by atoms with van der Waals surface area (Å²) in [6.07, 6.45) is 2.22. The number of aromatic nitrogens is 1. The van der Waals surface area contributed by atoms with Crippen LogP contribution in [0.5, 0.6) is 0 Å². The number of carbonyl (C=O) groups is 1. The van der Waals surface area contributed by atoms with Crippen LogP contribution >= 0.6 is 0 Å². The summed E-state index contributed by atoms with van der Waals surface area (Å²) in [5, 5.41) is 0. The van der Waals surface area contributed by atoms with Gasteiger partial charge in [0, 0.05) is 29.4 Å². The lowest BCUT2D eigenvalue weighted by Gasteiger charge is -2.38. The minimum Gasteiger partial charge on any atom is -0.362 e. The molecule has 0 aromatic carbocycles. The molecule has 1 aliphatic heterocycles. The van der Waals surface area contributed by atoms with Crippen molar-refractivity contribution >= 4 is 5.78 Å². The van der Waals surface area contributed by atoms with E-state index in [0.717, 1.165) is 31.5 Å². The highest BCUT2D eigenvalue weighted by Crippen LogP contribution is 2.39. The highest BCUT2D eigenvalue weighted by molar-refractivity contribution is 6.02. The summed E-state index contributed by atoms with van der Waals surface area (Å²) in [5.41, 5.74) is 4.69. The third-order valence-corrected chi connectivity index (χ3v) is 4.90. The largest absolute Gasteiger partial charge is 0.362 e. The van der Waals surface area contributed by atoms with Crippen LogP contribution in [0.3, 0.4) is 0 Å². The lowest BCUT2D eigenvalue weighted by molar-refractivity contribution is 0.0704. The number of piperidine rings is 1. The summed E-state index contributed by atoms with van der Waals surface area (Å²) in [6.45, 7) is 8.54. The van der Waals surface area contributed by atoms with E-state index in [9.17, 15) is 4.79 Å². The molecule has 2 aliphatic rings. The number of nitrogens with one attached hydrogen (secondary N) is 1. The van der Waals surface area contributed by atoms with Crippen molar-refractivity contribution in [2.24, 2.45) is 11.8 Å². The minimum atomic E-state index is 0.221. The van der Waals surface area contributed by atoms with E-state index >= 15 is 0 Å². The van der Waals surface area contributed by atoms with Gasteiger partial charge in [-0.1, -0.05) is 13.8 Å². The summed E-state index contributed by atoms with van der Waals surface area (Å²) >= 11 is 0. The number of fused-ring (bicyclic) bond motifs is 2. The molecule has 0 radical (unpaired) electrons. The lowest BCUT2D eigenvalue weighted by atomic mass is 9.72. The highest BCUT2D eigenvalue weighted by atomic mass is 16.1. The summed E-state index contributed by atoms with van der Waals surface area (Å²) in [5.74, 6) is 1.58. The standard InChI is InChI=1S/C16H24N2O/c1-9(2)14-10(3)17-13-7-11-5-6-18(4)8-12(11)16(19)15(13)14/h9,11-12,17H,5-8H2,1-4H3/t11-,12+/m1/s1. The highest BCUT2D eigenvalue weighted by Gasteiger charge is 2.41. The summed E-state index contributed by atoms with van der Waals surface area (Å²) in [7, 11) is 2.13. The number of ketones is 1. The molecule has 0 saturated carbocycles. The predicted octanol–water partition coefficient (Wildman–Crippen LogP) is 2.75. The van der Waals surface area contributed by atoms with Gasteiger partial charge in [0.25, 0.3) is 0 Å². The van der Waals surface area contributed by atoms with Crippen LogP contribution in [0.4, 0.5) is 0 Å². The molecule has 2 heterocycles. The van der Waals surface area contributed by atoms with Gasteiger partial charge in [-0.25, -0.2) is 0 Å². The number of carbonyl (C=O) groups excluding carboxylic acids is 1. The van der Waals surface area contributed by atoms with Crippen molar-refractivity contribution in [3.05, 3.63) is 22.5 Å². The molecule has 1 aliphatic carbocycles.